The number of ether oxygens (including phenoxy) is 1. The molecule has 406 valence electrons. The van der Waals surface area contributed by atoms with Gasteiger partial charge in [0.1, 0.15) is 24.1 Å². The zero-order chi connectivity index (χ0) is 54.8. The third-order valence-corrected chi connectivity index (χ3v) is 20.2. The van der Waals surface area contributed by atoms with E-state index in [0.29, 0.717) is 64.9 Å². The van der Waals surface area contributed by atoms with Crippen LogP contribution in [0.25, 0.3) is 22.3 Å². The molecule has 3 fully saturated rings. The maximum Gasteiger partial charge on any atom is 0.312 e. The van der Waals surface area contributed by atoms with E-state index in [2.05, 4.69) is 15.9 Å². The predicted octanol–water partition coefficient (Wildman–Crippen LogP) is 17.6. The average Bonchev–Trinajstić information content (AvgIpc) is 4.32. The summed E-state index contributed by atoms with van der Waals surface area (Å²) in [5.74, 6) is 2.59. The van der Waals surface area contributed by atoms with E-state index in [9.17, 15) is 18.0 Å². The van der Waals surface area contributed by atoms with Gasteiger partial charge in [-0.05, 0) is 163 Å². The Morgan fingerprint density at radius 2 is 0.974 bits per heavy atom. The number of carbonyl (C=O) groups is 1. The largest absolute Gasteiger partial charge is 0.461 e. The minimum atomic E-state index is -0.561. The maximum atomic E-state index is 14.8. The lowest BCUT2D eigenvalue weighted by molar-refractivity contribution is -0.143. The molecule has 7 nitrogen and oxygen atoms in total. The third kappa shape index (κ3) is 12.4. The topological polar surface area (TPSA) is 115 Å². The van der Waals surface area contributed by atoms with Crippen molar-refractivity contribution in [2.45, 2.75) is 87.4 Å². The summed E-state index contributed by atoms with van der Waals surface area (Å²) in [6.07, 6.45) is 8.85. The van der Waals surface area contributed by atoms with E-state index < -0.39 is 16.6 Å². The second kappa shape index (κ2) is 24.5. The summed E-state index contributed by atoms with van der Waals surface area (Å²) in [5, 5.41) is 4.07. The Kier molecular flexibility index (Phi) is 18.0. The molecule has 0 saturated heterocycles. The van der Waals surface area contributed by atoms with Gasteiger partial charge in [0.25, 0.3) is 0 Å². The smallest absolute Gasteiger partial charge is 0.312 e. The fourth-order valence-corrected chi connectivity index (χ4v) is 16.9. The molecule has 18 heteroatoms. The number of rotatable bonds is 9. The van der Waals surface area contributed by atoms with E-state index in [1.54, 1.807) is 65.6 Å². The highest BCUT2D eigenvalue weighted by atomic mass is 79.9. The SMILES string of the molecule is NC1=N[C@@]2(c3cc(-c4cc(Cl)cc(Cl)c4)ccc3F)CCC[C@H]2CS1.NC1=N[C@@]2(c3cc(-c4cc(Cl)cc(Cl)c4)ccc3F)CCC[C@H]2CS1.O=C(CC1=N[C@@]2(c3cc(Br)ccc3F)CCC[C@H]2CS1)OCc1ccccc1. The molecule has 6 aromatic rings. The zero-order valence-corrected chi connectivity index (χ0v) is 49.3. The van der Waals surface area contributed by atoms with Crippen molar-refractivity contribution in [1.82, 2.24) is 0 Å². The van der Waals surface area contributed by atoms with Crippen molar-refractivity contribution < 1.29 is 22.7 Å². The van der Waals surface area contributed by atoms with E-state index in [4.69, 9.17) is 77.6 Å². The van der Waals surface area contributed by atoms with Gasteiger partial charge < -0.3 is 16.2 Å². The van der Waals surface area contributed by atoms with Crippen LogP contribution in [0.1, 0.15) is 86.5 Å². The van der Waals surface area contributed by atoms with Crippen LogP contribution in [0.3, 0.4) is 0 Å². The molecule has 3 heterocycles. The molecule has 0 radical (unpaired) electrons. The first-order valence-corrected chi connectivity index (χ1v) is 31.1. The van der Waals surface area contributed by atoms with Gasteiger partial charge in [-0.1, -0.05) is 148 Å². The van der Waals surface area contributed by atoms with Gasteiger partial charge in [0.15, 0.2) is 10.3 Å². The second-order valence-corrected chi connectivity index (χ2v) is 26.4. The lowest BCUT2D eigenvalue weighted by Crippen LogP contribution is -2.37. The molecule has 0 unspecified atom stereocenters. The number of hydrogen-bond donors (Lipinski definition) is 2. The molecule has 0 spiro atoms. The number of hydrogen-bond acceptors (Lipinski definition) is 10. The van der Waals surface area contributed by atoms with Crippen LogP contribution >= 0.6 is 97.6 Å². The number of esters is 1. The van der Waals surface area contributed by atoms with Gasteiger partial charge in [0.05, 0.1) is 28.1 Å². The van der Waals surface area contributed by atoms with Gasteiger partial charge in [0, 0.05) is 58.5 Å². The van der Waals surface area contributed by atoms with Crippen LogP contribution in [0.5, 0.6) is 0 Å². The van der Waals surface area contributed by atoms with Crippen LogP contribution in [0.15, 0.2) is 141 Å². The fourth-order valence-electron chi connectivity index (χ4n) is 12.2. The molecule has 0 aromatic heterocycles. The normalized spacial score (nSPS) is 24.9. The number of amidine groups is 2. The van der Waals surface area contributed by atoms with Crippen LogP contribution in [0, 0.1) is 35.2 Å². The Labute approximate surface area is 494 Å². The van der Waals surface area contributed by atoms with Crippen molar-refractivity contribution >= 4 is 119 Å². The van der Waals surface area contributed by atoms with E-state index in [1.165, 1.54) is 18.2 Å². The highest BCUT2D eigenvalue weighted by Crippen LogP contribution is 2.55. The Balaban J connectivity index is 0.000000133. The number of halogens is 8. The number of benzene rings is 6. The highest BCUT2D eigenvalue weighted by Gasteiger charge is 2.50. The minimum absolute atomic E-state index is 0.140. The van der Waals surface area contributed by atoms with Crippen molar-refractivity contribution in [2.75, 3.05) is 17.3 Å². The van der Waals surface area contributed by atoms with Crippen LogP contribution in [-0.4, -0.2) is 38.6 Å². The molecule has 3 aliphatic heterocycles. The Bertz CT molecular complexity index is 3160. The quantitative estimate of drug-likeness (QED) is 0.139. The number of carbonyl (C=O) groups excluding carboxylic acids is 1. The van der Waals surface area contributed by atoms with Gasteiger partial charge in [0.2, 0.25) is 0 Å². The van der Waals surface area contributed by atoms with Crippen LogP contribution in [0.4, 0.5) is 13.2 Å². The van der Waals surface area contributed by atoms with Crippen LogP contribution in [-0.2, 0) is 32.8 Å². The number of aliphatic imine (C=N–C) groups is 3. The summed E-state index contributed by atoms with van der Waals surface area (Å²) in [5.41, 5.74) is 16.7. The molecular weight excluding hydrogens is 1200 g/mol. The summed E-state index contributed by atoms with van der Waals surface area (Å²) in [7, 11) is 0. The van der Waals surface area contributed by atoms with Gasteiger partial charge in [-0.15, -0.1) is 11.8 Å². The lowest BCUT2D eigenvalue weighted by Gasteiger charge is -2.37. The standard InChI is InChI=1S/C22H21BrFNO2S.2C19H17Cl2FN2S/c23-17-8-9-19(24)18(11-17)22-10-4-7-16(22)14-28-20(25-22)12-21(26)27-13-15-5-2-1-3-6-15;2*20-14-6-12(7-15(21)9-14)11-3-4-17(22)16(8-11)19-5-1-2-13(19)10-25-18(23)24-19/h1-3,5-6,8-9,11,16H,4,7,10,12-14H2;2*3-4,6-9,13H,1-2,5,10H2,(H2,23,24)/t16-,22-;2*13-,19-/m000/s1. The summed E-state index contributed by atoms with van der Waals surface area (Å²) < 4.78 is 50.6. The molecule has 12 rings (SSSR count). The number of nitrogens with two attached hydrogens (primary N) is 2. The summed E-state index contributed by atoms with van der Waals surface area (Å²) in [6, 6.07) is 35.7. The molecule has 0 bridgehead atoms. The Hall–Kier alpha value is -4.12. The zero-order valence-electron chi connectivity index (χ0n) is 42.2. The minimum Gasteiger partial charge on any atom is -0.461 e. The summed E-state index contributed by atoms with van der Waals surface area (Å²) in [4.78, 5) is 26.8. The van der Waals surface area contributed by atoms with Crippen molar-refractivity contribution in [3.05, 3.63) is 186 Å². The number of fused-ring (bicyclic) bond motifs is 3. The molecule has 78 heavy (non-hydrogen) atoms. The molecule has 3 aliphatic carbocycles. The average molecular weight is 1250 g/mol. The van der Waals surface area contributed by atoms with E-state index in [1.807, 2.05) is 72.8 Å². The van der Waals surface area contributed by atoms with Gasteiger partial charge in [-0.25, -0.2) is 13.2 Å². The first-order valence-electron chi connectivity index (χ1n) is 25.9. The van der Waals surface area contributed by atoms with Gasteiger partial charge in [-0.3, -0.25) is 19.8 Å². The van der Waals surface area contributed by atoms with Crippen molar-refractivity contribution in [3.63, 3.8) is 0 Å². The Morgan fingerprint density at radius 3 is 1.45 bits per heavy atom. The molecule has 4 N–H and O–H groups in total. The van der Waals surface area contributed by atoms with Gasteiger partial charge >= 0.3 is 5.97 Å². The van der Waals surface area contributed by atoms with E-state index in [0.717, 1.165) is 112 Å². The second-order valence-electron chi connectivity index (χ2n) is 20.5. The van der Waals surface area contributed by atoms with Gasteiger partial charge in [-0.2, -0.15) is 0 Å². The van der Waals surface area contributed by atoms with Crippen molar-refractivity contribution in [2.24, 2.45) is 44.2 Å². The fraction of sp³-hybridized carbons (Fsp3) is 0.333. The molecule has 6 atom stereocenters. The first-order chi connectivity index (χ1) is 37.5. The van der Waals surface area contributed by atoms with Crippen molar-refractivity contribution in [3.8, 4) is 22.3 Å². The highest BCUT2D eigenvalue weighted by molar-refractivity contribution is 9.10. The van der Waals surface area contributed by atoms with E-state index >= 15 is 0 Å². The third-order valence-electron chi connectivity index (χ3n) is 15.8. The first kappa shape index (κ1) is 57.1. The molecule has 0 amide bonds. The van der Waals surface area contributed by atoms with Crippen molar-refractivity contribution in [1.29, 1.82) is 0 Å². The molecular formula is C60H55BrCl4F3N5O2S3. The van der Waals surface area contributed by atoms with E-state index in [-0.39, 0.29) is 36.4 Å². The number of thioether (sulfide) groups is 3. The lowest BCUT2D eigenvalue weighted by atomic mass is 9.80. The summed E-state index contributed by atoms with van der Waals surface area (Å²) >= 11 is 32.7. The van der Waals surface area contributed by atoms with Crippen LogP contribution in [0.2, 0.25) is 20.1 Å². The molecule has 6 aromatic carbocycles. The number of nitrogens with zero attached hydrogens (tertiary/aromatic N) is 3. The monoisotopic (exact) mass is 1250 g/mol. The molecule has 3 saturated carbocycles. The van der Waals surface area contributed by atoms with Crippen LogP contribution < -0.4 is 11.5 Å². The Morgan fingerprint density at radius 1 is 0.551 bits per heavy atom. The molecule has 6 aliphatic rings. The summed E-state index contributed by atoms with van der Waals surface area (Å²) in [6.45, 7) is 0.256. The predicted molar refractivity (Wildman–Crippen MR) is 324 cm³/mol. The maximum absolute atomic E-state index is 14.8.